The van der Waals surface area contributed by atoms with E-state index in [0.29, 0.717) is 29.3 Å². The van der Waals surface area contributed by atoms with E-state index >= 15 is 0 Å². The van der Waals surface area contributed by atoms with E-state index < -0.39 is 0 Å². The lowest BCUT2D eigenvalue weighted by Crippen LogP contribution is -2.28. The van der Waals surface area contributed by atoms with Crippen LogP contribution in [0.3, 0.4) is 0 Å². The Morgan fingerprint density at radius 1 is 1.08 bits per heavy atom. The van der Waals surface area contributed by atoms with Crippen molar-refractivity contribution in [3.63, 3.8) is 0 Å². The van der Waals surface area contributed by atoms with Crippen molar-refractivity contribution in [2.75, 3.05) is 11.1 Å². The number of carbonyl (C=O) groups excluding carboxylic acids is 1. The Morgan fingerprint density at radius 3 is 2.68 bits per heavy atom. The van der Waals surface area contributed by atoms with Crippen molar-refractivity contribution in [3.05, 3.63) is 101 Å². The Balaban J connectivity index is 1.32. The number of fused-ring (bicyclic) bond motifs is 1. The molecule has 1 amide bonds. The van der Waals surface area contributed by atoms with E-state index in [2.05, 4.69) is 25.6 Å². The minimum atomic E-state index is -0.352. The van der Waals surface area contributed by atoms with Crippen LogP contribution in [0.4, 0.5) is 16.0 Å². The summed E-state index contributed by atoms with van der Waals surface area (Å²) in [5.74, 6) is 0.146. The number of nitrogens with zero attached hydrogens (tertiary/aromatic N) is 3. The number of pyridine rings is 1. The van der Waals surface area contributed by atoms with Crippen molar-refractivity contribution >= 4 is 39.8 Å². The summed E-state index contributed by atoms with van der Waals surface area (Å²) in [4.78, 5) is 28.0. The van der Waals surface area contributed by atoms with Gasteiger partial charge in [-0.2, -0.15) is 0 Å². The number of nitrogen functional groups attached to an aromatic ring is 1. The maximum absolute atomic E-state index is 13.3. The van der Waals surface area contributed by atoms with Gasteiger partial charge in [-0.15, -0.1) is 11.3 Å². The molecule has 0 aliphatic carbocycles. The van der Waals surface area contributed by atoms with Crippen LogP contribution >= 0.6 is 11.3 Å². The summed E-state index contributed by atoms with van der Waals surface area (Å²) in [7, 11) is 0. The Labute approximate surface area is 222 Å². The van der Waals surface area contributed by atoms with Crippen molar-refractivity contribution in [3.8, 4) is 10.4 Å². The van der Waals surface area contributed by atoms with E-state index in [9.17, 15) is 14.3 Å². The predicted molar refractivity (Wildman–Crippen MR) is 147 cm³/mol. The zero-order chi connectivity index (χ0) is 26.6. The average molecular weight is 529 g/mol. The number of anilines is 2. The highest BCUT2D eigenvalue weighted by atomic mass is 32.1. The van der Waals surface area contributed by atoms with Crippen LogP contribution in [0.2, 0.25) is 0 Å². The minimum Gasteiger partial charge on any atom is -0.392 e. The van der Waals surface area contributed by atoms with Crippen LogP contribution in [0.1, 0.15) is 39.3 Å². The number of amides is 1. The van der Waals surface area contributed by atoms with Crippen LogP contribution in [0.25, 0.3) is 21.3 Å². The summed E-state index contributed by atoms with van der Waals surface area (Å²) in [6, 6.07) is 17.2. The Bertz CT molecular complexity index is 1610. The molecule has 0 spiro atoms. The highest BCUT2D eigenvalue weighted by Crippen LogP contribution is 2.31. The molecule has 2 aromatic carbocycles. The van der Waals surface area contributed by atoms with Gasteiger partial charge in [-0.25, -0.2) is 19.3 Å². The average Bonchev–Trinajstić information content (AvgIpc) is 3.41. The summed E-state index contributed by atoms with van der Waals surface area (Å²) in [6.45, 7) is 2.03. The molecule has 5 rings (SSSR count). The van der Waals surface area contributed by atoms with Crippen LogP contribution in [-0.2, 0) is 13.2 Å². The summed E-state index contributed by atoms with van der Waals surface area (Å²) >= 11 is 1.61. The van der Waals surface area contributed by atoms with Gasteiger partial charge < -0.3 is 21.5 Å². The molecule has 1 atom stereocenters. The van der Waals surface area contributed by atoms with Gasteiger partial charge in [-0.1, -0.05) is 18.2 Å². The quantitative estimate of drug-likeness (QED) is 0.222. The fourth-order valence-electron chi connectivity index (χ4n) is 4.05. The first-order valence-corrected chi connectivity index (χ1v) is 12.7. The SMILES string of the molecule is CC(NC(=O)c1cc(CO)cnc1NCc1ccc(-c2ccc3ncnc(N)c3c2)s1)c1ccc(F)cc1. The van der Waals surface area contributed by atoms with Gasteiger partial charge >= 0.3 is 0 Å². The fourth-order valence-corrected chi connectivity index (χ4v) is 4.99. The van der Waals surface area contributed by atoms with Crippen LogP contribution in [0.5, 0.6) is 0 Å². The zero-order valence-electron chi connectivity index (χ0n) is 20.5. The lowest BCUT2D eigenvalue weighted by Gasteiger charge is -2.17. The summed E-state index contributed by atoms with van der Waals surface area (Å²) in [5.41, 5.74) is 9.42. The van der Waals surface area contributed by atoms with E-state index in [1.54, 1.807) is 29.5 Å². The molecule has 192 valence electrons. The van der Waals surface area contributed by atoms with Gasteiger partial charge in [0.1, 0.15) is 23.8 Å². The number of hydrogen-bond acceptors (Lipinski definition) is 8. The smallest absolute Gasteiger partial charge is 0.255 e. The fraction of sp³-hybridized carbons (Fsp3) is 0.143. The number of thiophene rings is 1. The molecule has 0 radical (unpaired) electrons. The summed E-state index contributed by atoms with van der Waals surface area (Å²) in [6.07, 6.45) is 2.98. The highest BCUT2D eigenvalue weighted by Gasteiger charge is 2.17. The van der Waals surface area contributed by atoms with Crippen LogP contribution in [0.15, 0.2) is 73.2 Å². The van der Waals surface area contributed by atoms with Gasteiger partial charge in [0, 0.05) is 21.3 Å². The molecule has 0 fully saturated rings. The van der Waals surface area contributed by atoms with Crippen LogP contribution in [-0.4, -0.2) is 26.0 Å². The molecule has 1 unspecified atom stereocenters. The first kappa shape index (κ1) is 25.2. The monoisotopic (exact) mass is 528 g/mol. The number of aromatic nitrogens is 3. The van der Waals surface area contributed by atoms with Crippen molar-refractivity contribution in [1.82, 2.24) is 20.3 Å². The maximum Gasteiger partial charge on any atom is 0.255 e. The molecule has 3 heterocycles. The third kappa shape index (κ3) is 5.46. The maximum atomic E-state index is 13.3. The molecule has 0 aliphatic rings. The van der Waals surface area contributed by atoms with Gasteiger partial charge in [0.25, 0.3) is 5.91 Å². The second-order valence-corrected chi connectivity index (χ2v) is 9.92. The standard InChI is InChI=1S/C28H25FN6O2S/c1-16(18-2-5-20(29)6-3-18)35-28(37)23-10-17(14-36)12-31-27(23)32-13-21-7-9-25(38-21)19-4-8-24-22(11-19)26(30)34-15-33-24/h2-12,15-16,36H,13-14H2,1H3,(H,31,32)(H,35,37)(H2,30,33,34). The minimum absolute atomic E-state index is 0.239. The van der Waals surface area contributed by atoms with Gasteiger partial charge in [0.05, 0.1) is 30.3 Å². The van der Waals surface area contributed by atoms with Gasteiger partial charge in [0.15, 0.2) is 0 Å². The molecular formula is C28H25FN6O2S. The Hall–Kier alpha value is -4.41. The van der Waals surface area contributed by atoms with Gasteiger partial charge in [-0.3, -0.25) is 4.79 Å². The number of halogens is 1. The van der Waals surface area contributed by atoms with Gasteiger partial charge in [0.2, 0.25) is 0 Å². The number of aliphatic hydroxyl groups excluding tert-OH is 1. The number of benzene rings is 2. The summed E-state index contributed by atoms with van der Waals surface area (Å²) < 4.78 is 13.3. The third-order valence-electron chi connectivity index (χ3n) is 6.13. The van der Waals surface area contributed by atoms with Crippen molar-refractivity contribution in [2.45, 2.75) is 26.1 Å². The normalized spacial score (nSPS) is 11.9. The topological polar surface area (TPSA) is 126 Å². The molecule has 8 nitrogen and oxygen atoms in total. The molecule has 10 heteroatoms. The van der Waals surface area contributed by atoms with Crippen molar-refractivity contribution in [2.24, 2.45) is 0 Å². The number of hydrogen-bond donors (Lipinski definition) is 4. The van der Waals surface area contributed by atoms with E-state index in [1.165, 1.54) is 24.7 Å². The number of nitrogens with one attached hydrogen (secondary N) is 2. The number of carbonyl (C=O) groups is 1. The lowest BCUT2D eigenvalue weighted by molar-refractivity contribution is 0.0940. The second-order valence-electron chi connectivity index (χ2n) is 8.75. The molecule has 5 N–H and O–H groups in total. The predicted octanol–water partition coefficient (Wildman–Crippen LogP) is 5.07. The molecular weight excluding hydrogens is 503 g/mol. The van der Waals surface area contributed by atoms with Gasteiger partial charge in [-0.05, 0) is 66.1 Å². The molecule has 0 bridgehead atoms. The van der Waals surface area contributed by atoms with Crippen molar-refractivity contribution in [1.29, 1.82) is 0 Å². The molecule has 0 saturated heterocycles. The van der Waals surface area contributed by atoms with E-state index in [-0.39, 0.29) is 24.4 Å². The third-order valence-corrected chi connectivity index (χ3v) is 7.27. The molecule has 5 aromatic rings. The summed E-state index contributed by atoms with van der Waals surface area (Å²) in [5, 5.41) is 16.6. The van der Waals surface area contributed by atoms with E-state index in [1.807, 2.05) is 37.3 Å². The van der Waals surface area contributed by atoms with E-state index in [0.717, 1.165) is 31.8 Å². The molecule has 0 aliphatic heterocycles. The molecule has 3 aromatic heterocycles. The van der Waals surface area contributed by atoms with Crippen LogP contribution < -0.4 is 16.4 Å². The van der Waals surface area contributed by atoms with Crippen LogP contribution in [0, 0.1) is 5.82 Å². The lowest BCUT2D eigenvalue weighted by atomic mass is 10.1. The van der Waals surface area contributed by atoms with Crippen molar-refractivity contribution < 1.29 is 14.3 Å². The van der Waals surface area contributed by atoms with E-state index in [4.69, 9.17) is 5.73 Å². The number of aliphatic hydroxyl groups is 1. The Kier molecular flexibility index (Phi) is 7.25. The highest BCUT2D eigenvalue weighted by molar-refractivity contribution is 7.15. The first-order valence-electron chi connectivity index (χ1n) is 11.9. The molecule has 38 heavy (non-hydrogen) atoms. The Morgan fingerprint density at radius 2 is 1.89 bits per heavy atom. The first-order chi connectivity index (χ1) is 18.4. The molecule has 0 saturated carbocycles. The second kappa shape index (κ2) is 10.9. The number of nitrogens with two attached hydrogens (primary N) is 1. The largest absolute Gasteiger partial charge is 0.392 e. The zero-order valence-corrected chi connectivity index (χ0v) is 21.3. The number of rotatable bonds is 8.